The Morgan fingerprint density at radius 3 is 0.732 bits per heavy atom. The summed E-state index contributed by atoms with van der Waals surface area (Å²) in [5.41, 5.74) is 9.71. The molecule has 0 saturated heterocycles. The van der Waals surface area contributed by atoms with Crippen LogP contribution in [0.3, 0.4) is 0 Å². The zero-order chi connectivity index (χ0) is 44.6. The minimum Gasteiger partial charge on any atom is -0.481 e. The van der Waals surface area contributed by atoms with E-state index in [1.165, 1.54) is 0 Å². The van der Waals surface area contributed by atoms with E-state index in [1.807, 2.05) is 93.7 Å². The molecule has 1 atom stereocenters. The van der Waals surface area contributed by atoms with Crippen molar-refractivity contribution in [1.82, 2.24) is 24.5 Å². The van der Waals surface area contributed by atoms with Gasteiger partial charge in [-0.05, 0) is 75.7 Å². The van der Waals surface area contributed by atoms with Crippen LogP contribution in [0.15, 0.2) is 0 Å². The van der Waals surface area contributed by atoms with Crippen molar-refractivity contribution < 1.29 is 81.0 Å². The van der Waals surface area contributed by atoms with Crippen LogP contribution in [-0.4, -0.2) is 144 Å². The van der Waals surface area contributed by atoms with Gasteiger partial charge in [-0.15, -0.1) is 12.6 Å². The Balaban J connectivity index is -0.0000000660. The number of carboxylic acid groups (broad SMARTS) is 2. The van der Waals surface area contributed by atoms with Gasteiger partial charge in [-0.3, -0.25) is 9.59 Å². The molecule has 6 N–H and O–H groups in total. The van der Waals surface area contributed by atoms with Gasteiger partial charge in [-0.1, -0.05) is 33.8 Å². The number of thiol groups is 1. The van der Waals surface area contributed by atoms with Gasteiger partial charge >= 0.3 is 73.2 Å². The fourth-order valence-electron chi connectivity index (χ4n) is 2.81. The van der Waals surface area contributed by atoms with E-state index in [0.29, 0.717) is 21.6 Å². The summed E-state index contributed by atoms with van der Waals surface area (Å²) in [7, 11) is 0. The van der Waals surface area contributed by atoms with Crippen molar-refractivity contribution in [1.29, 1.82) is 0 Å². The first-order chi connectivity index (χ1) is 24.9. The van der Waals surface area contributed by atoms with E-state index in [2.05, 4.69) is 24.8 Å². The van der Waals surface area contributed by atoms with Crippen LogP contribution in [0.25, 0.3) is 0 Å². The average molecular weight is 1190 g/mol. The van der Waals surface area contributed by atoms with Gasteiger partial charge in [-0.25, -0.2) is 0 Å². The van der Waals surface area contributed by atoms with Crippen molar-refractivity contribution in [2.24, 2.45) is 11.5 Å². The standard InChI is InChI=1S/C5H9NO4.5C5H11NS2.CH3NS2.Ce.Zn/c6-3(5(9)10)1-2-4(7)8;5*1-3-6(4-2)5(7)8;2-1(3)4;;/h3H,1-2,6H2,(H,7,8)(H,9,10);5*3-4H2,1-2H3,(H,7,8);(H3,2,3,4);;/q;;;;;;;+3;+2/p-5. The third kappa shape index (κ3) is 64.8. The van der Waals surface area contributed by atoms with E-state index in [9.17, 15) is 9.59 Å². The topological polar surface area (TPSA) is 143 Å². The number of rotatable bonds is 14. The summed E-state index contributed by atoms with van der Waals surface area (Å²) in [4.78, 5) is 29.7. The molecule has 323 valence electrons. The van der Waals surface area contributed by atoms with Crippen molar-refractivity contribution in [3.63, 3.8) is 0 Å². The molecule has 11 nitrogen and oxygen atoms in total. The second kappa shape index (κ2) is 56.7. The second-order valence-corrected chi connectivity index (χ2v) is 15.8. The summed E-state index contributed by atoms with van der Waals surface area (Å²) in [6, 6.07) is -1.06. The summed E-state index contributed by atoms with van der Waals surface area (Å²) in [5.74, 6) is -2.20. The normalized spacial score (nSPS) is 8.93. The van der Waals surface area contributed by atoms with Gasteiger partial charge in [0.05, 0.1) is 0 Å². The number of nitrogens with zero attached hydrogens (tertiary/aromatic N) is 5. The maximum absolute atomic E-state index is 9.99. The first-order valence-corrected chi connectivity index (χ1v) is 21.8. The number of aliphatic carboxylic acids is 2. The number of hydrogen-bond donors (Lipinski definition) is 5. The van der Waals surface area contributed by atoms with Crippen LogP contribution in [0.5, 0.6) is 0 Å². The van der Waals surface area contributed by atoms with Crippen LogP contribution >= 0.6 is 85.9 Å². The van der Waals surface area contributed by atoms with E-state index >= 15 is 0 Å². The van der Waals surface area contributed by atoms with Gasteiger partial charge in [0, 0.05) is 71.9 Å². The smallest absolute Gasteiger partial charge is 0.481 e. The molecule has 0 aromatic carbocycles. The van der Waals surface area contributed by atoms with Gasteiger partial charge in [-0.2, -0.15) is 0 Å². The van der Waals surface area contributed by atoms with Crippen molar-refractivity contribution in [3.8, 4) is 0 Å². The molecule has 56 heavy (non-hydrogen) atoms. The Hall–Kier alpha value is 1.69. The number of thiocarbonyl (C=S) groups is 6. The maximum Gasteiger partial charge on any atom is 3.00 e. The summed E-state index contributed by atoms with van der Waals surface area (Å²) >= 11 is 55.2. The zero-order valence-corrected chi connectivity index (χ0v) is 50.3. The van der Waals surface area contributed by atoms with Gasteiger partial charge in [0.1, 0.15) is 10.4 Å². The number of carbonyl (C=O) groups is 2. The van der Waals surface area contributed by atoms with Crippen LogP contribution in [0.2, 0.25) is 0 Å². The molecule has 25 heteroatoms. The fourth-order valence-corrected chi connectivity index (χ4v) is 5.39. The maximum atomic E-state index is 9.99. The molecular weight excluding hydrogens is 1120 g/mol. The van der Waals surface area contributed by atoms with Crippen molar-refractivity contribution in [3.05, 3.63) is 0 Å². The molecule has 0 aliphatic heterocycles. The molecule has 0 amide bonds. The van der Waals surface area contributed by atoms with E-state index in [4.69, 9.17) is 146 Å². The second-order valence-electron chi connectivity index (χ2n) is 9.41. The van der Waals surface area contributed by atoms with Crippen molar-refractivity contribution >= 4 is 187 Å². The third-order valence-corrected chi connectivity index (χ3v) is 8.68. The van der Waals surface area contributed by atoms with E-state index in [0.717, 1.165) is 65.4 Å². The predicted molar refractivity (Wildman–Crippen MR) is 273 cm³/mol. The van der Waals surface area contributed by atoms with Crippen molar-refractivity contribution in [2.75, 3.05) is 65.4 Å². The van der Waals surface area contributed by atoms with Crippen LogP contribution in [0, 0.1) is 41.7 Å². The Morgan fingerprint density at radius 2 is 0.679 bits per heavy atom. The van der Waals surface area contributed by atoms with Gasteiger partial charge in [0.25, 0.3) is 0 Å². The molecule has 0 aromatic heterocycles. The van der Waals surface area contributed by atoms with Gasteiger partial charge < -0.3 is 170 Å². The molecule has 0 saturated carbocycles. The molecular formula is C31H62CeN7O4S12Zn. The minimum absolute atomic E-state index is 0. The molecule has 0 rings (SSSR count). The Morgan fingerprint density at radius 1 is 0.536 bits per heavy atom. The van der Waals surface area contributed by atoms with Crippen LogP contribution in [-0.2, 0) is 92.2 Å². The Bertz CT molecular complexity index is 898. The first kappa shape index (κ1) is 78.2. The predicted octanol–water partition coefficient (Wildman–Crippen LogP) is 5.22. The molecule has 0 aliphatic rings. The summed E-state index contributed by atoms with van der Waals surface area (Å²) in [6.07, 6.45) is -0.224. The molecule has 0 spiro atoms. The number of carboxylic acids is 2. The summed E-state index contributed by atoms with van der Waals surface area (Å²) < 4.78 is 3.09. The minimum atomic E-state index is -1.17. The molecule has 0 heterocycles. The van der Waals surface area contributed by atoms with Crippen LogP contribution < -0.4 is 11.5 Å². The molecule has 1 unspecified atom stereocenters. The summed E-state index contributed by atoms with van der Waals surface area (Å²) in [5, 5.41) is 16.3. The van der Waals surface area contributed by atoms with Gasteiger partial charge in [0.15, 0.2) is 0 Å². The van der Waals surface area contributed by atoms with Gasteiger partial charge in [0.2, 0.25) is 0 Å². The SMILES string of the molecule is CCN(CC)C(=S)[S-].CCN(CC)C(=S)[S-].CCN(CC)C(=S)[S-].CCN(CC)C(=S)[S-].CCN(CC)C(=S)[S-].NC(=S)S.NC(CCC(=O)O)C(=O)O.[Ce+3].[Zn+2]. The van der Waals surface area contributed by atoms with E-state index in [1.54, 1.807) is 0 Å². The molecule has 1 radical (unpaired) electrons. The van der Waals surface area contributed by atoms with Crippen LogP contribution in [0.1, 0.15) is 82.1 Å². The molecule has 0 aromatic rings. The third-order valence-electron chi connectivity index (χ3n) is 6.09. The zero-order valence-electron chi connectivity index (χ0n) is 34.3. The average Bonchev–Trinajstić information content (AvgIpc) is 3.07. The quantitative estimate of drug-likeness (QED) is 0.0671. The number of hydrogen-bond acceptors (Lipinski definition) is 14. The van der Waals surface area contributed by atoms with Crippen LogP contribution in [0.4, 0.5) is 0 Å². The Kier molecular flexibility index (Phi) is 79.2. The molecule has 0 aliphatic carbocycles. The number of nitrogens with two attached hydrogens (primary N) is 2. The molecule has 0 fully saturated rings. The fraction of sp³-hybridized carbons (Fsp3) is 0.742. The monoisotopic (exact) mass is 1180 g/mol. The van der Waals surface area contributed by atoms with Crippen molar-refractivity contribution in [2.45, 2.75) is 88.1 Å². The van der Waals surface area contributed by atoms with E-state index < -0.39 is 18.0 Å². The first-order valence-electron chi connectivity index (χ1n) is 16.8. The molecule has 0 bridgehead atoms. The largest absolute Gasteiger partial charge is 3.00 e. The Labute approximate surface area is 451 Å². The van der Waals surface area contributed by atoms with E-state index in [-0.39, 0.29) is 78.4 Å². The summed E-state index contributed by atoms with van der Waals surface area (Å²) in [6.45, 7) is 29.7.